The lowest BCUT2D eigenvalue weighted by Crippen LogP contribution is -2.42. The molecule has 4 atom stereocenters. The zero-order valence-electron chi connectivity index (χ0n) is 14.0. The lowest BCUT2D eigenvalue weighted by Gasteiger charge is -2.48. The van der Waals surface area contributed by atoms with E-state index in [1.54, 1.807) is 12.1 Å². The quantitative estimate of drug-likeness (QED) is 0.637. The Balaban J connectivity index is 0.000000693. The molecule has 0 radical (unpaired) electrons. The average molecular weight is 302 g/mol. The second-order valence-corrected chi connectivity index (χ2v) is 7.18. The van der Waals surface area contributed by atoms with E-state index in [1.165, 1.54) is 11.1 Å². The number of rotatable bonds is 0. The van der Waals surface area contributed by atoms with Gasteiger partial charge in [-0.05, 0) is 73.1 Å². The number of hydrogen-bond donors (Lipinski definition) is 0. The van der Waals surface area contributed by atoms with E-state index in [9.17, 15) is 9.18 Å². The highest BCUT2D eigenvalue weighted by atomic mass is 19.1. The zero-order chi connectivity index (χ0) is 15.9. The van der Waals surface area contributed by atoms with Crippen LogP contribution in [0, 0.1) is 23.1 Å². The highest BCUT2D eigenvalue weighted by Gasteiger charge is 2.54. The van der Waals surface area contributed by atoms with E-state index >= 15 is 0 Å². The summed E-state index contributed by atoms with van der Waals surface area (Å²) >= 11 is 0. The number of hydrogen-bond acceptors (Lipinski definition) is 1. The van der Waals surface area contributed by atoms with Crippen molar-refractivity contribution in [1.29, 1.82) is 0 Å². The summed E-state index contributed by atoms with van der Waals surface area (Å²) in [6.07, 6.45) is 6.09. The third-order valence-corrected chi connectivity index (χ3v) is 6.40. The number of Topliss-reactive ketones (excluding diaryl/α,β-unsaturated/α-hetero) is 1. The molecule has 0 N–H and O–H groups in total. The highest BCUT2D eigenvalue weighted by Crippen LogP contribution is 2.59. The third-order valence-electron chi connectivity index (χ3n) is 6.40. The molecule has 0 heterocycles. The van der Waals surface area contributed by atoms with Crippen LogP contribution in [-0.4, -0.2) is 5.78 Å². The van der Waals surface area contributed by atoms with E-state index in [2.05, 4.69) is 6.92 Å². The van der Waals surface area contributed by atoms with E-state index < -0.39 is 0 Å². The van der Waals surface area contributed by atoms with Gasteiger partial charge in [0.15, 0.2) is 0 Å². The van der Waals surface area contributed by atoms with Crippen LogP contribution in [0.15, 0.2) is 18.2 Å². The summed E-state index contributed by atoms with van der Waals surface area (Å²) in [7, 11) is 0. The van der Waals surface area contributed by atoms with Crippen LogP contribution in [0.5, 0.6) is 0 Å². The molecule has 0 saturated heterocycles. The van der Waals surface area contributed by atoms with Crippen molar-refractivity contribution in [3.63, 3.8) is 0 Å². The van der Waals surface area contributed by atoms with Gasteiger partial charge in [-0.3, -0.25) is 4.79 Å². The van der Waals surface area contributed by atoms with E-state index in [4.69, 9.17) is 0 Å². The number of aryl methyl sites for hydroxylation is 1. The molecule has 4 unspecified atom stereocenters. The maximum atomic E-state index is 13.4. The molecule has 3 aliphatic rings. The Bertz CT molecular complexity index is 579. The van der Waals surface area contributed by atoms with Gasteiger partial charge in [0.1, 0.15) is 11.6 Å². The summed E-state index contributed by atoms with van der Waals surface area (Å²) in [6.45, 7) is 6.20. The summed E-state index contributed by atoms with van der Waals surface area (Å²) in [6, 6.07) is 5.33. The molecule has 2 fully saturated rings. The van der Waals surface area contributed by atoms with Crippen LogP contribution >= 0.6 is 0 Å². The predicted molar refractivity (Wildman–Crippen MR) is 87.4 cm³/mol. The fourth-order valence-corrected chi connectivity index (χ4v) is 5.32. The summed E-state index contributed by atoms with van der Waals surface area (Å²) in [4.78, 5) is 12.2. The fourth-order valence-electron chi connectivity index (χ4n) is 5.32. The molecule has 0 bridgehead atoms. The van der Waals surface area contributed by atoms with Crippen LogP contribution in [0.1, 0.15) is 69.9 Å². The summed E-state index contributed by atoms with van der Waals surface area (Å²) in [5.41, 5.74) is 2.52. The number of fused-ring (bicyclic) bond motifs is 5. The Morgan fingerprint density at radius 3 is 2.68 bits per heavy atom. The second-order valence-electron chi connectivity index (χ2n) is 7.18. The van der Waals surface area contributed by atoms with Crippen LogP contribution in [0.25, 0.3) is 0 Å². The number of carbonyl (C=O) groups excluding carboxylic acids is 1. The summed E-state index contributed by atoms with van der Waals surface area (Å²) < 4.78 is 13.4. The van der Waals surface area contributed by atoms with Crippen molar-refractivity contribution in [3.05, 3.63) is 35.1 Å². The molecule has 2 heteroatoms. The molecular weight excluding hydrogens is 275 g/mol. The SMILES string of the molecule is CC.CC12CCC3c4ccc(F)cc4CCC3C1CCC2=O. The normalized spacial score (nSPS) is 35.8. The van der Waals surface area contributed by atoms with Gasteiger partial charge in [0.05, 0.1) is 0 Å². The van der Waals surface area contributed by atoms with Gasteiger partial charge in [0, 0.05) is 11.8 Å². The van der Waals surface area contributed by atoms with Gasteiger partial charge in [-0.25, -0.2) is 4.39 Å². The van der Waals surface area contributed by atoms with E-state index in [0.717, 1.165) is 38.5 Å². The van der Waals surface area contributed by atoms with Crippen LogP contribution in [0.3, 0.4) is 0 Å². The molecule has 4 rings (SSSR count). The minimum absolute atomic E-state index is 0.0568. The maximum absolute atomic E-state index is 13.4. The van der Waals surface area contributed by atoms with Crippen LogP contribution in [0.2, 0.25) is 0 Å². The molecule has 120 valence electrons. The first-order chi connectivity index (χ1) is 10.6. The van der Waals surface area contributed by atoms with E-state index in [0.29, 0.717) is 23.5 Å². The van der Waals surface area contributed by atoms with E-state index in [1.807, 2.05) is 19.9 Å². The third kappa shape index (κ3) is 2.23. The molecule has 1 aromatic rings. The minimum Gasteiger partial charge on any atom is -0.299 e. The second kappa shape index (κ2) is 5.79. The van der Waals surface area contributed by atoms with Gasteiger partial charge in [-0.1, -0.05) is 26.8 Å². The predicted octanol–water partition coefficient (Wildman–Crippen LogP) is 5.28. The molecule has 2 saturated carbocycles. The molecule has 1 aromatic carbocycles. The Morgan fingerprint density at radius 2 is 1.91 bits per heavy atom. The lowest BCUT2D eigenvalue weighted by atomic mass is 9.55. The highest BCUT2D eigenvalue weighted by molar-refractivity contribution is 5.87. The van der Waals surface area contributed by atoms with Gasteiger partial charge >= 0.3 is 0 Å². The van der Waals surface area contributed by atoms with Crippen LogP contribution in [-0.2, 0) is 11.2 Å². The van der Waals surface area contributed by atoms with Crippen molar-refractivity contribution in [2.24, 2.45) is 17.3 Å². The molecule has 0 spiro atoms. The first kappa shape index (κ1) is 15.7. The smallest absolute Gasteiger partial charge is 0.139 e. The summed E-state index contributed by atoms with van der Waals surface area (Å²) in [5, 5.41) is 0. The Kier molecular flexibility index (Phi) is 4.13. The van der Waals surface area contributed by atoms with Gasteiger partial charge in [-0.15, -0.1) is 0 Å². The molecule has 0 aliphatic heterocycles. The standard InChI is InChI=1S/C18H21FO.C2H6/c1-18-9-8-14-13-5-3-12(19)10-11(13)2-4-15(14)16(18)6-7-17(18)20;1-2/h3,5,10,14-16H,2,4,6-9H2,1H3;1-2H3. The van der Waals surface area contributed by atoms with Crippen molar-refractivity contribution in [1.82, 2.24) is 0 Å². The van der Waals surface area contributed by atoms with Crippen molar-refractivity contribution in [2.75, 3.05) is 0 Å². The summed E-state index contributed by atoms with van der Waals surface area (Å²) in [5.74, 6) is 2.14. The van der Waals surface area contributed by atoms with Crippen LogP contribution in [0.4, 0.5) is 4.39 Å². The Hall–Kier alpha value is -1.18. The monoisotopic (exact) mass is 302 g/mol. The molecule has 3 aliphatic carbocycles. The van der Waals surface area contributed by atoms with Gasteiger partial charge in [0.25, 0.3) is 0 Å². The molecule has 0 aromatic heterocycles. The van der Waals surface area contributed by atoms with Crippen LogP contribution < -0.4 is 0 Å². The molecular formula is C20H27FO. The van der Waals surface area contributed by atoms with Crippen molar-refractivity contribution < 1.29 is 9.18 Å². The number of benzene rings is 1. The van der Waals surface area contributed by atoms with Crippen molar-refractivity contribution in [2.45, 2.75) is 65.2 Å². The number of ketones is 1. The van der Waals surface area contributed by atoms with Gasteiger partial charge in [-0.2, -0.15) is 0 Å². The van der Waals surface area contributed by atoms with Crippen molar-refractivity contribution >= 4 is 5.78 Å². The van der Waals surface area contributed by atoms with Gasteiger partial charge in [0.2, 0.25) is 0 Å². The van der Waals surface area contributed by atoms with Crippen molar-refractivity contribution in [3.8, 4) is 0 Å². The maximum Gasteiger partial charge on any atom is 0.139 e. The Labute approximate surface area is 133 Å². The van der Waals surface area contributed by atoms with Gasteiger partial charge < -0.3 is 0 Å². The average Bonchev–Trinajstić information content (AvgIpc) is 2.84. The zero-order valence-corrected chi connectivity index (χ0v) is 14.0. The largest absolute Gasteiger partial charge is 0.299 e. The number of halogens is 1. The topological polar surface area (TPSA) is 17.1 Å². The van der Waals surface area contributed by atoms with E-state index in [-0.39, 0.29) is 11.2 Å². The molecule has 1 nitrogen and oxygen atoms in total. The fraction of sp³-hybridized carbons (Fsp3) is 0.650. The Morgan fingerprint density at radius 1 is 1.14 bits per heavy atom. The molecule has 22 heavy (non-hydrogen) atoms. The molecule has 0 amide bonds. The number of carbonyl (C=O) groups is 1. The first-order valence-electron chi connectivity index (χ1n) is 8.91. The minimum atomic E-state index is -0.112. The first-order valence-corrected chi connectivity index (χ1v) is 8.91. The lowest BCUT2D eigenvalue weighted by molar-refractivity contribution is -0.129.